The summed E-state index contributed by atoms with van der Waals surface area (Å²) >= 11 is 3.53. The van der Waals surface area contributed by atoms with Crippen LogP contribution in [0, 0.1) is 0 Å². The van der Waals surface area contributed by atoms with E-state index in [0.29, 0.717) is 5.54 Å². The van der Waals surface area contributed by atoms with E-state index in [9.17, 15) is 0 Å². The molecule has 1 nitrogen and oxygen atoms in total. The summed E-state index contributed by atoms with van der Waals surface area (Å²) in [7, 11) is 0. The molecule has 0 amide bonds. The lowest BCUT2D eigenvalue weighted by Crippen LogP contribution is -2.22. The second-order valence-electron chi connectivity index (χ2n) is 4.62. The molecule has 1 saturated carbocycles. The van der Waals surface area contributed by atoms with Crippen molar-refractivity contribution < 1.29 is 0 Å². The predicted octanol–water partition coefficient (Wildman–Crippen LogP) is 3.06. The molecule has 1 saturated heterocycles. The van der Waals surface area contributed by atoms with Crippen LogP contribution < -0.4 is 5.32 Å². The van der Waals surface area contributed by atoms with Gasteiger partial charge in [-0.3, -0.25) is 0 Å². The van der Waals surface area contributed by atoms with Gasteiger partial charge in [-0.15, -0.1) is 0 Å². The summed E-state index contributed by atoms with van der Waals surface area (Å²) in [5, 5.41) is 3.66. The summed E-state index contributed by atoms with van der Waals surface area (Å²) in [6.07, 6.45) is 4.11. The topological polar surface area (TPSA) is 12.0 Å². The minimum absolute atomic E-state index is 0.549. The Bertz CT molecular complexity index is 357. The SMILES string of the molecule is Brc1cccc(C2CNC3(CC3)C2)c1. The lowest BCUT2D eigenvalue weighted by Gasteiger charge is -2.09. The number of nitrogens with one attached hydrogen (secondary N) is 1. The van der Waals surface area contributed by atoms with Crippen molar-refractivity contribution in [3.8, 4) is 0 Å². The zero-order chi connectivity index (χ0) is 9.60. The lowest BCUT2D eigenvalue weighted by atomic mass is 9.96. The van der Waals surface area contributed by atoms with Crippen molar-refractivity contribution in [1.29, 1.82) is 0 Å². The van der Waals surface area contributed by atoms with Crippen molar-refractivity contribution in [2.24, 2.45) is 0 Å². The Kier molecular flexibility index (Phi) is 1.96. The molecule has 1 unspecified atom stereocenters. The lowest BCUT2D eigenvalue weighted by molar-refractivity contribution is 0.595. The predicted molar refractivity (Wildman–Crippen MR) is 61.5 cm³/mol. The van der Waals surface area contributed by atoms with Crippen molar-refractivity contribution in [3.05, 3.63) is 34.3 Å². The van der Waals surface area contributed by atoms with E-state index in [4.69, 9.17) is 0 Å². The van der Waals surface area contributed by atoms with E-state index in [-0.39, 0.29) is 0 Å². The minimum atomic E-state index is 0.549. The van der Waals surface area contributed by atoms with Crippen LogP contribution in [0.15, 0.2) is 28.7 Å². The van der Waals surface area contributed by atoms with E-state index >= 15 is 0 Å². The number of benzene rings is 1. The van der Waals surface area contributed by atoms with Gasteiger partial charge >= 0.3 is 0 Å². The summed E-state index contributed by atoms with van der Waals surface area (Å²) in [6.45, 7) is 1.16. The van der Waals surface area contributed by atoms with Gasteiger partial charge in [-0.1, -0.05) is 28.1 Å². The van der Waals surface area contributed by atoms with Gasteiger partial charge in [-0.25, -0.2) is 0 Å². The van der Waals surface area contributed by atoms with Crippen LogP contribution in [0.25, 0.3) is 0 Å². The molecule has 2 heteroatoms. The van der Waals surface area contributed by atoms with Crippen LogP contribution in [0.2, 0.25) is 0 Å². The van der Waals surface area contributed by atoms with Gasteiger partial charge < -0.3 is 5.32 Å². The Morgan fingerprint density at radius 1 is 1.36 bits per heavy atom. The molecule has 1 heterocycles. The summed E-state index contributed by atoms with van der Waals surface area (Å²) in [5.41, 5.74) is 2.03. The van der Waals surface area contributed by atoms with E-state index in [1.807, 2.05) is 0 Å². The van der Waals surface area contributed by atoms with Crippen LogP contribution in [0.1, 0.15) is 30.7 Å². The fourth-order valence-electron chi connectivity index (χ4n) is 2.48. The van der Waals surface area contributed by atoms with Crippen LogP contribution in [-0.2, 0) is 0 Å². The highest BCUT2D eigenvalue weighted by molar-refractivity contribution is 9.10. The van der Waals surface area contributed by atoms with Crippen molar-refractivity contribution in [2.45, 2.75) is 30.7 Å². The first kappa shape index (κ1) is 8.93. The summed E-state index contributed by atoms with van der Waals surface area (Å²) in [5.74, 6) is 0.731. The first-order valence-electron chi connectivity index (χ1n) is 5.28. The van der Waals surface area contributed by atoms with Gasteiger partial charge in [0.25, 0.3) is 0 Å². The number of halogens is 1. The summed E-state index contributed by atoms with van der Waals surface area (Å²) in [4.78, 5) is 0. The number of hydrogen-bond donors (Lipinski definition) is 1. The Morgan fingerprint density at radius 3 is 2.86 bits per heavy atom. The zero-order valence-corrected chi connectivity index (χ0v) is 9.68. The van der Waals surface area contributed by atoms with Gasteiger partial charge in [0.1, 0.15) is 0 Å². The summed E-state index contributed by atoms with van der Waals surface area (Å²) < 4.78 is 1.20. The number of hydrogen-bond acceptors (Lipinski definition) is 1. The van der Waals surface area contributed by atoms with Gasteiger partial charge in [0.2, 0.25) is 0 Å². The third-order valence-corrected chi connectivity index (χ3v) is 4.03. The van der Waals surface area contributed by atoms with Gasteiger partial charge in [0.05, 0.1) is 0 Å². The van der Waals surface area contributed by atoms with Crippen LogP contribution in [0.5, 0.6) is 0 Å². The maximum Gasteiger partial charge on any atom is 0.0189 e. The van der Waals surface area contributed by atoms with E-state index in [1.54, 1.807) is 0 Å². The molecule has 3 rings (SSSR count). The number of rotatable bonds is 1. The standard InChI is InChI=1S/C12H14BrN/c13-11-3-1-2-9(6-11)10-7-12(4-5-12)14-8-10/h1-3,6,10,14H,4-5,7-8H2. The maximum absolute atomic E-state index is 3.66. The molecule has 1 aliphatic carbocycles. The second-order valence-corrected chi connectivity index (χ2v) is 5.53. The largest absolute Gasteiger partial charge is 0.311 e. The monoisotopic (exact) mass is 251 g/mol. The van der Waals surface area contributed by atoms with E-state index < -0.39 is 0 Å². The second kappa shape index (κ2) is 3.07. The first-order valence-corrected chi connectivity index (χ1v) is 6.07. The van der Waals surface area contributed by atoms with Crippen molar-refractivity contribution in [1.82, 2.24) is 5.32 Å². The highest BCUT2D eigenvalue weighted by atomic mass is 79.9. The molecule has 2 aliphatic rings. The molecule has 1 N–H and O–H groups in total. The van der Waals surface area contributed by atoms with Crippen molar-refractivity contribution in [2.75, 3.05) is 6.54 Å². The Morgan fingerprint density at radius 2 is 2.21 bits per heavy atom. The van der Waals surface area contributed by atoms with Crippen LogP contribution in [0.4, 0.5) is 0 Å². The molecule has 2 fully saturated rings. The summed E-state index contributed by atoms with van der Waals surface area (Å²) in [6, 6.07) is 8.74. The third-order valence-electron chi connectivity index (χ3n) is 3.53. The van der Waals surface area contributed by atoms with E-state index in [2.05, 4.69) is 45.5 Å². The fourth-order valence-corrected chi connectivity index (χ4v) is 2.90. The minimum Gasteiger partial charge on any atom is -0.311 e. The molecule has 0 radical (unpaired) electrons. The molecule has 0 bridgehead atoms. The highest BCUT2D eigenvalue weighted by Gasteiger charge is 2.48. The van der Waals surface area contributed by atoms with Gasteiger partial charge in [-0.05, 0) is 42.9 Å². The van der Waals surface area contributed by atoms with E-state index in [1.165, 1.54) is 29.3 Å². The molecule has 1 aliphatic heterocycles. The zero-order valence-electron chi connectivity index (χ0n) is 8.09. The van der Waals surface area contributed by atoms with Crippen molar-refractivity contribution >= 4 is 15.9 Å². The van der Waals surface area contributed by atoms with Gasteiger partial charge in [-0.2, -0.15) is 0 Å². The fraction of sp³-hybridized carbons (Fsp3) is 0.500. The van der Waals surface area contributed by atoms with Crippen LogP contribution >= 0.6 is 15.9 Å². The highest BCUT2D eigenvalue weighted by Crippen LogP contribution is 2.47. The first-order chi connectivity index (χ1) is 6.77. The van der Waals surface area contributed by atoms with Crippen molar-refractivity contribution in [3.63, 3.8) is 0 Å². The normalized spacial score (nSPS) is 28.2. The molecular weight excluding hydrogens is 238 g/mol. The molecule has 1 aromatic carbocycles. The quantitative estimate of drug-likeness (QED) is 0.810. The Hall–Kier alpha value is -0.340. The third kappa shape index (κ3) is 1.51. The van der Waals surface area contributed by atoms with Crippen LogP contribution in [0.3, 0.4) is 0 Å². The average molecular weight is 252 g/mol. The Labute approximate surface area is 93.0 Å². The van der Waals surface area contributed by atoms with Gasteiger partial charge in [0.15, 0.2) is 0 Å². The molecule has 1 atom stereocenters. The smallest absolute Gasteiger partial charge is 0.0189 e. The van der Waals surface area contributed by atoms with Crippen LogP contribution in [-0.4, -0.2) is 12.1 Å². The molecule has 74 valence electrons. The maximum atomic E-state index is 3.66. The molecule has 1 spiro atoms. The molecular formula is C12H14BrN. The molecule has 0 aromatic heterocycles. The molecule has 1 aromatic rings. The Balaban J connectivity index is 1.82. The molecule has 14 heavy (non-hydrogen) atoms. The van der Waals surface area contributed by atoms with E-state index in [0.717, 1.165) is 12.5 Å². The average Bonchev–Trinajstić information content (AvgIpc) is 2.76. The van der Waals surface area contributed by atoms with Gasteiger partial charge in [0, 0.05) is 16.6 Å².